The summed E-state index contributed by atoms with van der Waals surface area (Å²) < 4.78 is 6.10. The lowest BCUT2D eigenvalue weighted by molar-refractivity contribution is -0.0702. The molecule has 3 heterocycles. The van der Waals surface area contributed by atoms with E-state index in [2.05, 4.69) is 23.1 Å². The molecule has 4 heteroatoms. The average Bonchev–Trinajstić information content (AvgIpc) is 3.13. The molecule has 0 amide bonds. The highest BCUT2D eigenvalue weighted by atomic mass is 32.2. The van der Waals surface area contributed by atoms with Gasteiger partial charge in [0.25, 0.3) is 0 Å². The van der Waals surface area contributed by atoms with Crippen LogP contribution in [0.4, 0.5) is 0 Å². The van der Waals surface area contributed by atoms with Gasteiger partial charge in [-0.1, -0.05) is 0 Å². The Bertz CT molecular complexity index is 457. The summed E-state index contributed by atoms with van der Waals surface area (Å²) in [7, 11) is 0. The van der Waals surface area contributed by atoms with Crippen LogP contribution in [0.25, 0.3) is 0 Å². The molecule has 1 aromatic heterocycles. The second-order valence-corrected chi connectivity index (χ2v) is 8.75. The highest BCUT2D eigenvalue weighted by molar-refractivity contribution is 7.99. The van der Waals surface area contributed by atoms with E-state index < -0.39 is 0 Å². The van der Waals surface area contributed by atoms with Crippen LogP contribution in [0, 0.1) is 0 Å². The van der Waals surface area contributed by atoms with E-state index >= 15 is 0 Å². The lowest BCUT2D eigenvalue weighted by Gasteiger charge is -2.38. The Morgan fingerprint density at radius 3 is 3.25 bits per heavy atom. The van der Waals surface area contributed by atoms with Crippen molar-refractivity contribution in [3.63, 3.8) is 0 Å². The van der Waals surface area contributed by atoms with Gasteiger partial charge in [-0.2, -0.15) is 11.8 Å². The third-order valence-corrected chi connectivity index (χ3v) is 7.38. The number of ether oxygens (including phenoxy) is 1. The van der Waals surface area contributed by atoms with Crippen molar-refractivity contribution >= 4 is 23.1 Å². The third kappa shape index (κ3) is 2.68. The molecule has 2 fully saturated rings. The Kier molecular flexibility index (Phi) is 3.84. The highest BCUT2D eigenvalue weighted by Gasteiger charge is 2.40. The van der Waals surface area contributed by atoms with E-state index in [1.165, 1.54) is 54.9 Å². The van der Waals surface area contributed by atoms with Crippen molar-refractivity contribution in [1.82, 2.24) is 5.32 Å². The first-order chi connectivity index (χ1) is 9.83. The number of rotatable bonds is 3. The summed E-state index contributed by atoms with van der Waals surface area (Å²) in [5.41, 5.74) is 1.83. The molecule has 1 aromatic rings. The van der Waals surface area contributed by atoms with Gasteiger partial charge in [0.15, 0.2) is 0 Å². The number of thioether (sulfide) groups is 1. The van der Waals surface area contributed by atoms with E-state index in [9.17, 15) is 0 Å². The molecule has 110 valence electrons. The molecule has 1 spiro atoms. The lowest BCUT2D eigenvalue weighted by atomic mass is 9.90. The van der Waals surface area contributed by atoms with Crippen LogP contribution in [0.3, 0.4) is 0 Å². The van der Waals surface area contributed by atoms with Crippen LogP contribution >= 0.6 is 23.1 Å². The summed E-state index contributed by atoms with van der Waals surface area (Å²) in [5.74, 6) is 2.49. The first kappa shape index (κ1) is 13.6. The van der Waals surface area contributed by atoms with Gasteiger partial charge in [-0.25, -0.2) is 0 Å². The molecule has 20 heavy (non-hydrogen) atoms. The lowest BCUT2D eigenvalue weighted by Crippen LogP contribution is -2.46. The number of nitrogens with one attached hydrogen (secondary N) is 1. The normalized spacial score (nSPS) is 32.9. The van der Waals surface area contributed by atoms with Crippen LogP contribution in [0.5, 0.6) is 0 Å². The van der Waals surface area contributed by atoms with Crippen molar-refractivity contribution < 1.29 is 4.74 Å². The van der Waals surface area contributed by atoms with Crippen molar-refractivity contribution in [3.05, 3.63) is 21.4 Å². The monoisotopic (exact) mass is 309 g/mol. The first-order valence-electron chi connectivity index (χ1n) is 7.89. The minimum Gasteiger partial charge on any atom is -0.374 e. The van der Waals surface area contributed by atoms with Crippen molar-refractivity contribution in [2.45, 2.75) is 56.7 Å². The third-order valence-electron chi connectivity index (χ3n) is 4.92. The van der Waals surface area contributed by atoms with Crippen LogP contribution in [-0.2, 0) is 24.1 Å². The zero-order valence-corrected chi connectivity index (χ0v) is 13.6. The molecular weight excluding hydrogens is 286 g/mol. The van der Waals surface area contributed by atoms with E-state index in [0.29, 0.717) is 6.04 Å². The molecule has 1 aliphatic carbocycles. The van der Waals surface area contributed by atoms with Crippen molar-refractivity contribution in [1.29, 1.82) is 0 Å². The highest BCUT2D eigenvalue weighted by Crippen LogP contribution is 2.38. The number of fused-ring (bicyclic) bond motifs is 1. The number of hydrogen-bond acceptors (Lipinski definition) is 4. The number of hydrogen-bond donors (Lipinski definition) is 1. The molecule has 2 aliphatic heterocycles. The van der Waals surface area contributed by atoms with Crippen LogP contribution in [0.2, 0.25) is 0 Å². The van der Waals surface area contributed by atoms with E-state index in [1.807, 2.05) is 11.3 Å². The summed E-state index contributed by atoms with van der Waals surface area (Å²) in [4.78, 5) is 3.19. The molecule has 0 bridgehead atoms. The summed E-state index contributed by atoms with van der Waals surface area (Å²) in [6, 6.07) is 3.10. The van der Waals surface area contributed by atoms with E-state index in [4.69, 9.17) is 4.74 Å². The van der Waals surface area contributed by atoms with Gasteiger partial charge in [0.05, 0.1) is 5.60 Å². The summed E-state index contributed by atoms with van der Waals surface area (Å²) in [6.07, 6.45) is 7.64. The molecule has 0 saturated carbocycles. The van der Waals surface area contributed by atoms with Crippen LogP contribution < -0.4 is 5.32 Å². The van der Waals surface area contributed by atoms with Gasteiger partial charge in [0.1, 0.15) is 0 Å². The van der Waals surface area contributed by atoms with Gasteiger partial charge in [0, 0.05) is 34.7 Å². The maximum Gasteiger partial charge on any atom is 0.0795 e. The van der Waals surface area contributed by atoms with Gasteiger partial charge < -0.3 is 10.1 Å². The number of aryl methyl sites for hydroxylation is 2. The SMILES string of the molecule is c1c(CNC2CCOC3(CCSC3)C2)sc2c1CCC2. The number of thiophene rings is 1. The predicted octanol–water partition coefficient (Wildman–Crippen LogP) is 3.38. The molecule has 2 saturated heterocycles. The Labute approximate surface area is 129 Å². The van der Waals surface area contributed by atoms with Crippen LogP contribution in [-0.4, -0.2) is 29.8 Å². The van der Waals surface area contributed by atoms with E-state index in [0.717, 1.165) is 13.2 Å². The topological polar surface area (TPSA) is 21.3 Å². The molecule has 0 radical (unpaired) electrons. The minimum atomic E-state index is 0.206. The molecule has 1 N–H and O–H groups in total. The van der Waals surface area contributed by atoms with Crippen molar-refractivity contribution in [2.75, 3.05) is 18.1 Å². The Hall–Kier alpha value is -0.0300. The van der Waals surface area contributed by atoms with E-state index in [-0.39, 0.29) is 5.60 Å². The van der Waals surface area contributed by atoms with Gasteiger partial charge in [-0.3, -0.25) is 0 Å². The zero-order chi connectivity index (χ0) is 13.4. The van der Waals surface area contributed by atoms with Crippen molar-refractivity contribution in [2.24, 2.45) is 0 Å². The molecule has 2 atom stereocenters. The van der Waals surface area contributed by atoms with Crippen molar-refractivity contribution in [3.8, 4) is 0 Å². The Balaban J connectivity index is 1.34. The fraction of sp³-hybridized carbons (Fsp3) is 0.750. The minimum absolute atomic E-state index is 0.206. The van der Waals surface area contributed by atoms with Gasteiger partial charge in [-0.15, -0.1) is 11.3 Å². The van der Waals surface area contributed by atoms with Gasteiger partial charge in [0.2, 0.25) is 0 Å². The molecule has 3 aliphatic rings. The molecular formula is C16H23NOS2. The molecule has 2 nitrogen and oxygen atoms in total. The molecule has 2 unspecified atom stereocenters. The standard InChI is InChI=1S/C16H23NOS2/c1-2-12-8-14(20-15(12)3-1)10-17-13-4-6-18-16(9-13)5-7-19-11-16/h8,13,17H,1-7,9-11H2. The molecule has 0 aromatic carbocycles. The van der Waals surface area contributed by atoms with Gasteiger partial charge in [-0.05, 0) is 55.9 Å². The average molecular weight is 310 g/mol. The second kappa shape index (κ2) is 5.64. The summed E-state index contributed by atoms with van der Waals surface area (Å²) in [6.45, 7) is 2.00. The quantitative estimate of drug-likeness (QED) is 0.925. The smallest absolute Gasteiger partial charge is 0.0795 e. The summed E-state index contributed by atoms with van der Waals surface area (Å²) in [5, 5.41) is 3.80. The second-order valence-electron chi connectivity index (χ2n) is 6.42. The predicted molar refractivity (Wildman–Crippen MR) is 86.8 cm³/mol. The fourth-order valence-corrected chi connectivity index (χ4v) is 6.38. The molecule has 4 rings (SSSR count). The van der Waals surface area contributed by atoms with Crippen LogP contribution in [0.1, 0.15) is 41.0 Å². The maximum absolute atomic E-state index is 6.10. The zero-order valence-electron chi connectivity index (χ0n) is 12.0. The Morgan fingerprint density at radius 2 is 2.40 bits per heavy atom. The summed E-state index contributed by atoms with van der Waals surface area (Å²) >= 11 is 4.10. The van der Waals surface area contributed by atoms with Gasteiger partial charge >= 0.3 is 0 Å². The van der Waals surface area contributed by atoms with E-state index in [1.54, 1.807) is 10.4 Å². The largest absolute Gasteiger partial charge is 0.374 e. The fourth-order valence-electron chi connectivity index (χ4n) is 3.79. The maximum atomic E-state index is 6.10. The van der Waals surface area contributed by atoms with Crippen LogP contribution in [0.15, 0.2) is 6.07 Å². The Morgan fingerprint density at radius 1 is 1.40 bits per heavy atom. The first-order valence-corrected chi connectivity index (χ1v) is 9.86.